The van der Waals surface area contributed by atoms with Gasteiger partial charge in [0.1, 0.15) is 24.4 Å². The standard InChI is InChI=1S/C25H31NO13/c1-3-15-16(10-19(28)36-9-8-13-4-6-14(7-5-13)26(33)34)17(23(32)35-2)12-37-24(15)39-25-22(31)21(30)20(29)18(11-27)38-25/h3-7,12,16,18,20-22,24-25,27,29-31H,8-11H2,1-2H3/b15-3+/t16-,18+,20+,21-,22+,24-,25-/m0/s1. The summed E-state index contributed by atoms with van der Waals surface area (Å²) >= 11 is 0. The van der Waals surface area contributed by atoms with Gasteiger partial charge in [-0.05, 0) is 12.5 Å². The van der Waals surface area contributed by atoms with Gasteiger partial charge in [-0.3, -0.25) is 14.9 Å². The van der Waals surface area contributed by atoms with Crippen LogP contribution in [0.25, 0.3) is 0 Å². The molecule has 2 heterocycles. The molecule has 0 bridgehead atoms. The van der Waals surface area contributed by atoms with Crippen LogP contribution in [0.2, 0.25) is 0 Å². The normalized spacial score (nSPS) is 29.7. The largest absolute Gasteiger partial charge is 0.468 e. The number of ether oxygens (including phenoxy) is 5. The van der Waals surface area contributed by atoms with Crippen molar-refractivity contribution >= 4 is 17.6 Å². The van der Waals surface area contributed by atoms with Gasteiger partial charge in [0.05, 0.1) is 43.5 Å². The molecule has 2 aliphatic rings. The van der Waals surface area contributed by atoms with E-state index in [4.69, 9.17) is 23.7 Å². The van der Waals surface area contributed by atoms with E-state index in [9.17, 15) is 40.1 Å². The number of aliphatic hydroxyl groups excluding tert-OH is 4. The van der Waals surface area contributed by atoms with Gasteiger partial charge in [0, 0.05) is 30.0 Å². The number of esters is 2. The van der Waals surface area contributed by atoms with Crippen molar-refractivity contribution in [3.05, 3.63) is 63.4 Å². The van der Waals surface area contributed by atoms with Crippen LogP contribution in [0.5, 0.6) is 0 Å². The number of nitrogens with zero attached hydrogens (tertiary/aromatic N) is 1. The van der Waals surface area contributed by atoms with Gasteiger partial charge in [0.15, 0.2) is 6.29 Å². The highest BCUT2D eigenvalue weighted by molar-refractivity contribution is 5.90. The maximum absolute atomic E-state index is 12.7. The third kappa shape index (κ3) is 7.17. The smallest absolute Gasteiger partial charge is 0.337 e. The molecule has 14 nitrogen and oxygen atoms in total. The van der Waals surface area contributed by atoms with Crippen molar-refractivity contribution in [3.8, 4) is 0 Å². The predicted octanol–water partition coefficient (Wildman–Crippen LogP) is -0.137. The molecule has 0 aromatic heterocycles. The van der Waals surface area contributed by atoms with Gasteiger partial charge in [-0.25, -0.2) is 4.79 Å². The Bertz CT molecular complexity index is 1080. The van der Waals surface area contributed by atoms with Crippen molar-refractivity contribution < 1.29 is 58.6 Å². The van der Waals surface area contributed by atoms with E-state index in [0.717, 1.165) is 18.9 Å². The number of rotatable bonds is 10. The Balaban J connectivity index is 1.69. The minimum atomic E-state index is -1.70. The number of nitro benzene ring substituents is 1. The number of carbonyl (C=O) groups excluding carboxylic acids is 2. The van der Waals surface area contributed by atoms with Crippen LogP contribution in [0.4, 0.5) is 5.69 Å². The molecule has 14 heteroatoms. The number of carbonyl (C=O) groups is 2. The fraction of sp³-hybridized carbons (Fsp3) is 0.520. The zero-order chi connectivity index (χ0) is 28.7. The Morgan fingerprint density at radius 1 is 1.13 bits per heavy atom. The van der Waals surface area contributed by atoms with Crippen molar-refractivity contribution in [1.29, 1.82) is 0 Å². The SMILES string of the molecule is C/C=C1/[C@H](O[C@@H]2O[C@H](CO)[C@@H](O)[C@H](O)[C@H]2O)OC=C(C(=O)OC)[C@H]1CC(=O)OCCc1ccc([N+](=O)[O-])cc1. The van der Waals surface area contributed by atoms with Crippen LogP contribution in [0.1, 0.15) is 18.9 Å². The second kappa shape index (κ2) is 13.6. The summed E-state index contributed by atoms with van der Waals surface area (Å²) in [5.41, 5.74) is 0.960. The van der Waals surface area contributed by atoms with Crippen molar-refractivity contribution in [2.75, 3.05) is 20.3 Å². The summed E-state index contributed by atoms with van der Waals surface area (Å²) in [4.78, 5) is 35.4. The Kier molecular flexibility index (Phi) is 10.5. The molecule has 2 aliphatic heterocycles. The Morgan fingerprint density at radius 2 is 1.82 bits per heavy atom. The van der Waals surface area contributed by atoms with E-state index in [1.165, 1.54) is 12.1 Å². The van der Waals surface area contributed by atoms with Crippen LogP contribution in [0.3, 0.4) is 0 Å². The van der Waals surface area contributed by atoms with Crippen molar-refractivity contribution in [2.45, 2.75) is 56.8 Å². The molecule has 0 saturated carbocycles. The highest BCUT2D eigenvalue weighted by Crippen LogP contribution is 2.36. The first-order chi connectivity index (χ1) is 18.6. The monoisotopic (exact) mass is 553 g/mol. The lowest BCUT2D eigenvalue weighted by molar-refractivity contribution is -0.384. The zero-order valence-corrected chi connectivity index (χ0v) is 21.2. The van der Waals surface area contributed by atoms with Crippen LogP contribution < -0.4 is 0 Å². The van der Waals surface area contributed by atoms with Gasteiger partial charge in [-0.1, -0.05) is 18.2 Å². The van der Waals surface area contributed by atoms with E-state index >= 15 is 0 Å². The molecule has 7 atom stereocenters. The fourth-order valence-corrected chi connectivity index (χ4v) is 4.22. The summed E-state index contributed by atoms with van der Waals surface area (Å²) in [6.07, 6.45) is -6.38. The average Bonchev–Trinajstić information content (AvgIpc) is 2.93. The second-order valence-corrected chi connectivity index (χ2v) is 8.81. The summed E-state index contributed by atoms with van der Waals surface area (Å²) in [6, 6.07) is 5.81. The topological polar surface area (TPSA) is 204 Å². The van der Waals surface area contributed by atoms with E-state index in [2.05, 4.69) is 0 Å². The van der Waals surface area contributed by atoms with Gasteiger partial charge in [-0.2, -0.15) is 0 Å². The Hall–Kier alpha value is -3.40. The molecule has 0 aliphatic carbocycles. The Labute approximate surface area is 223 Å². The third-order valence-corrected chi connectivity index (χ3v) is 6.40. The van der Waals surface area contributed by atoms with Gasteiger partial charge in [0.2, 0.25) is 6.29 Å². The summed E-state index contributed by atoms with van der Waals surface area (Å²) in [6.45, 7) is 0.927. The molecule has 1 fully saturated rings. The molecule has 0 spiro atoms. The molecule has 214 valence electrons. The van der Waals surface area contributed by atoms with Crippen molar-refractivity contribution in [2.24, 2.45) is 5.92 Å². The maximum Gasteiger partial charge on any atom is 0.337 e. The molecule has 3 rings (SSSR count). The van der Waals surface area contributed by atoms with E-state index < -0.39 is 66.4 Å². The van der Waals surface area contributed by atoms with E-state index in [-0.39, 0.29) is 24.3 Å². The molecule has 0 amide bonds. The quantitative estimate of drug-likeness (QED) is 0.129. The molecule has 1 aromatic rings. The van der Waals surface area contributed by atoms with Gasteiger partial charge in [-0.15, -0.1) is 0 Å². The van der Waals surface area contributed by atoms with Gasteiger partial charge < -0.3 is 44.1 Å². The van der Waals surface area contributed by atoms with Crippen LogP contribution >= 0.6 is 0 Å². The lowest BCUT2D eigenvalue weighted by Crippen LogP contribution is -2.60. The first kappa shape index (κ1) is 30.1. The first-order valence-electron chi connectivity index (χ1n) is 12.1. The number of benzene rings is 1. The number of methoxy groups -OCH3 is 1. The van der Waals surface area contributed by atoms with Crippen LogP contribution in [-0.4, -0.2) is 94.6 Å². The van der Waals surface area contributed by atoms with Gasteiger partial charge >= 0.3 is 11.9 Å². The van der Waals surface area contributed by atoms with Crippen LogP contribution in [-0.2, 0) is 39.7 Å². The molecule has 0 unspecified atom stereocenters. The first-order valence-corrected chi connectivity index (χ1v) is 12.1. The molecule has 0 radical (unpaired) electrons. The minimum absolute atomic E-state index is 0.00608. The van der Waals surface area contributed by atoms with Crippen LogP contribution in [0, 0.1) is 16.0 Å². The molecule has 1 aromatic carbocycles. The highest BCUT2D eigenvalue weighted by Gasteiger charge is 2.46. The van der Waals surface area contributed by atoms with E-state index in [1.807, 2.05) is 0 Å². The molecular weight excluding hydrogens is 522 g/mol. The Morgan fingerprint density at radius 3 is 2.41 bits per heavy atom. The molecule has 4 N–H and O–H groups in total. The maximum atomic E-state index is 12.7. The molecule has 1 saturated heterocycles. The summed E-state index contributed by atoms with van der Waals surface area (Å²) < 4.78 is 26.7. The fourth-order valence-electron chi connectivity index (χ4n) is 4.22. The van der Waals surface area contributed by atoms with Crippen LogP contribution in [0.15, 0.2) is 47.7 Å². The summed E-state index contributed by atoms with van der Waals surface area (Å²) in [5, 5.41) is 50.6. The summed E-state index contributed by atoms with van der Waals surface area (Å²) in [5.74, 6) is -2.33. The zero-order valence-electron chi connectivity index (χ0n) is 21.2. The molecular formula is C25H31NO13. The molecule has 39 heavy (non-hydrogen) atoms. The number of non-ortho nitro benzene ring substituents is 1. The minimum Gasteiger partial charge on any atom is -0.468 e. The second-order valence-electron chi connectivity index (χ2n) is 8.81. The highest BCUT2D eigenvalue weighted by atomic mass is 16.8. The number of hydrogen-bond acceptors (Lipinski definition) is 13. The number of hydrogen-bond donors (Lipinski definition) is 4. The predicted molar refractivity (Wildman–Crippen MR) is 129 cm³/mol. The van der Waals surface area contributed by atoms with Crippen molar-refractivity contribution in [1.82, 2.24) is 0 Å². The number of aliphatic hydroxyl groups is 4. The third-order valence-electron chi connectivity index (χ3n) is 6.40. The van der Waals surface area contributed by atoms with Gasteiger partial charge in [0.25, 0.3) is 5.69 Å². The summed E-state index contributed by atoms with van der Waals surface area (Å²) in [7, 11) is 1.16. The van der Waals surface area contributed by atoms with E-state index in [1.54, 1.807) is 25.1 Å². The van der Waals surface area contributed by atoms with Crippen molar-refractivity contribution in [3.63, 3.8) is 0 Å². The lowest BCUT2D eigenvalue weighted by atomic mass is 9.86. The lowest BCUT2D eigenvalue weighted by Gasteiger charge is -2.41. The van der Waals surface area contributed by atoms with E-state index in [0.29, 0.717) is 12.0 Å². The number of allylic oxidation sites excluding steroid dienone is 1. The number of nitro groups is 1. The average molecular weight is 554 g/mol.